The van der Waals surface area contributed by atoms with Crippen molar-refractivity contribution in [2.75, 3.05) is 0 Å². The zero-order chi connectivity index (χ0) is 17.9. The van der Waals surface area contributed by atoms with E-state index in [-0.39, 0.29) is 16.2 Å². The Bertz CT molecular complexity index is 413. The summed E-state index contributed by atoms with van der Waals surface area (Å²) < 4.78 is 6.92. The normalized spacial score (nSPS) is 24.6. The summed E-state index contributed by atoms with van der Waals surface area (Å²) >= 11 is 0. The molecule has 0 aromatic carbocycles. The van der Waals surface area contributed by atoms with Crippen LogP contribution < -0.4 is 0 Å². The molecule has 0 aromatic heterocycles. The molecular formula is C21H40OSi. The summed E-state index contributed by atoms with van der Waals surface area (Å²) in [6.45, 7) is 21.4. The molecule has 0 aromatic rings. The van der Waals surface area contributed by atoms with E-state index in [1.165, 1.54) is 19.3 Å². The van der Waals surface area contributed by atoms with Crippen molar-refractivity contribution < 1.29 is 4.43 Å². The van der Waals surface area contributed by atoms with Crippen molar-refractivity contribution in [3.63, 3.8) is 0 Å². The predicted molar refractivity (Wildman–Crippen MR) is 105 cm³/mol. The van der Waals surface area contributed by atoms with Crippen LogP contribution in [0.4, 0.5) is 0 Å². The highest BCUT2D eigenvalue weighted by Gasteiger charge is 2.64. The first-order valence-electron chi connectivity index (χ1n) is 9.63. The van der Waals surface area contributed by atoms with Gasteiger partial charge in [0.05, 0.1) is 0 Å². The van der Waals surface area contributed by atoms with Crippen molar-refractivity contribution in [1.29, 1.82) is 0 Å². The molecule has 23 heavy (non-hydrogen) atoms. The molecule has 1 rings (SSSR count). The maximum Gasteiger partial charge on any atom is 0.208 e. The molecule has 1 heterocycles. The Kier molecular flexibility index (Phi) is 7.00. The van der Waals surface area contributed by atoms with Crippen LogP contribution in [0.3, 0.4) is 0 Å². The third-order valence-corrected chi connectivity index (χ3v) is 12.6. The summed E-state index contributed by atoms with van der Waals surface area (Å²) in [5.74, 6) is 7.57. The molecule has 0 amide bonds. The molecule has 0 radical (unpaired) electrons. The van der Waals surface area contributed by atoms with E-state index in [9.17, 15) is 0 Å². The van der Waals surface area contributed by atoms with Crippen molar-refractivity contribution in [3.8, 4) is 11.8 Å². The summed E-state index contributed by atoms with van der Waals surface area (Å²) in [6.07, 6.45) is 6.11. The Morgan fingerprint density at radius 2 is 1.61 bits per heavy atom. The minimum atomic E-state index is -1.97. The molecule has 1 aliphatic heterocycles. The quantitative estimate of drug-likeness (QED) is 0.307. The summed E-state index contributed by atoms with van der Waals surface area (Å²) in [5.41, 5.74) is 0.692. The number of hydrogen-bond acceptors (Lipinski definition) is 1. The monoisotopic (exact) mass is 336 g/mol. The average molecular weight is 337 g/mol. The van der Waals surface area contributed by atoms with Gasteiger partial charge in [-0.1, -0.05) is 81.1 Å². The smallest absolute Gasteiger partial charge is 0.208 e. The fraction of sp³-hybridized carbons (Fsp3) is 0.905. The first-order valence-corrected chi connectivity index (χ1v) is 11.6. The van der Waals surface area contributed by atoms with Gasteiger partial charge in [0, 0.05) is 6.42 Å². The molecular weight excluding hydrogens is 296 g/mol. The molecule has 0 bridgehead atoms. The minimum Gasteiger partial charge on any atom is -0.402 e. The van der Waals surface area contributed by atoms with Gasteiger partial charge < -0.3 is 4.43 Å². The van der Waals surface area contributed by atoms with Crippen LogP contribution in [-0.4, -0.2) is 14.4 Å². The lowest BCUT2D eigenvalue weighted by Crippen LogP contribution is -2.56. The Labute approximate surface area is 147 Å². The lowest BCUT2D eigenvalue weighted by Gasteiger charge is -2.52. The van der Waals surface area contributed by atoms with Crippen LogP contribution in [0.1, 0.15) is 94.4 Å². The molecule has 1 saturated heterocycles. The summed E-state index contributed by atoms with van der Waals surface area (Å²) in [7, 11) is -1.97. The molecule has 0 aliphatic carbocycles. The highest BCUT2D eigenvalue weighted by atomic mass is 28.4. The van der Waals surface area contributed by atoms with E-state index in [2.05, 4.69) is 74.2 Å². The van der Waals surface area contributed by atoms with E-state index >= 15 is 0 Å². The number of hydrogen-bond donors (Lipinski definition) is 0. The largest absolute Gasteiger partial charge is 0.402 e. The zero-order valence-corrected chi connectivity index (χ0v) is 18.2. The average Bonchev–Trinajstić information content (AvgIpc) is 2.79. The van der Waals surface area contributed by atoms with Crippen LogP contribution in [0.25, 0.3) is 0 Å². The van der Waals surface area contributed by atoms with Gasteiger partial charge in [0.1, 0.15) is 6.10 Å². The topological polar surface area (TPSA) is 9.23 Å². The van der Waals surface area contributed by atoms with Gasteiger partial charge in [-0.15, -0.1) is 5.92 Å². The van der Waals surface area contributed by atoms with Crippen molar-refractivity contribution in [2.24, 2.45) is 5.92 Å². The van der Waals surface area contributed by atoms with Gasteiger partial charge in [-0.2, -0.15) is 0 Å². The fourth-order valence-electron chi connectivity index (χ4n) is 4.83. The lowest BCUT2D eigenvalue weighted by atomic mass is 10.0. The Balaban J connectivity index is 3.05. The second kappa shape index (κ2) is 7.75. The van der Waals surface area contributed by atoms with Crippen LogP contribution in [0.15, 0.2) is 0 Å². The minimum absolute atomic E-state index is 0.161. The molecule has 0 N–H and O–H groups in total. The van der Waals surface area contributed by atoms with Crippen molar-refractivity contribution in [3.05, 3.63) is 0 Å². The van der Waals surface area contributed by atoms with E-state index in [1.807, 2.05) is 0 Å². The van der Waals surface area contributed by atoms with Gasteiger partial charge >= 0.3 is 0 Å². The lowest BCUT2D eigenvalue weighted by molar-refractivity contribution is 0.247. The standard InChI is InChI=1S/C21H40OSi/c1-10-11-12-13-14-15-18-16-19(17(2)3)23(22-18,20(4,5)6)21(7,8)9/h17-19H,10-13,16H2,1-9H3/t18-,19+/m1/s1. The predicted octanol–water partition coefficient (Wildman–Crippen LogP) is 6.93. The van der Waals surface area contributed by atoms with E-state index < -0.39 is 8.32 Å². The van der Waals surface area contributed by atoms with Gasteiger partial charge in [-0.05, 0) is 34.4 Å². The molecule has 1 aliphatic rings. The van der Waals surface area contributed by atoms with Crippen LogP contribution in [0, 0.1) is 17.8 Å². The number of unbranched alkanes of at least 4 members (excludes halogenated alkanes) is 3. The Morgan fingerprint density at radius 3 is 2.00 bits per heavy atom. The maximum absolute atomic E-state index is 6.92. The van der Waals surface area contributed by atoms with Crippen LogP contribution >= 0.6 is 0 Å². The Hall–Kier alpha value is -0.263. The summed E-state index contributed by atoms with van der Waals surface area (Å²) in [4.78, 5) is 0. The second-order valence-corrected chi connectivity index (χ2v) is 15.2. The van der Waals surface area contributed by atoms with Crippen LogP contribution in [-0.2, 0) is 4.43 Å². The van der Waals surface area contributed by atoms with E-state index in [0.717, 1.165) is 12.8 Å². The van der Waals surface area contributed by atoms with E-state index in [0.29, 0.717) is 11.5 Å². The maximum atomic E-state index is 6.92. The van der Waals surface area contributed by atoms with Gasteiger partial charge in [0.15, 0.2) is 0 Å². The molecule has 134 valence electrons. The highest BCUT2D eigenvalue weighted by Crippen LogP contribution is 2.63. The van der Waals surface area contributed by atoms with Gasteiger partial charge in [0.2, 0.25) is 8.32 Å². The third kappa shape index (κ3) is 4.43. The molecule has 2 atom stereocenters. The van der Waals surface area contributed by atoms with Gasteiger partial charge in [-0.3, -0.25) is 0 Å². The van der Waals surface area contributed by atoms with E-state index in [4.69, 9.17) is 4.43 Å². The fourth-order valence-corrected chi connectivity index (χ4v) is 12.3. The first kappa shape index (κ1) is 20.8. The number of rotatable bonds is 4. The van der Waals surface area contributed by atoms with Crippen LogP contribution in [0.5, 0.6) is 0 Å². The first-order chi connectivity index (χ1) is 10.5. The van der Waals surface area contributed by atoms with Gasteiger partial charge in [0.25, 0.3) is 0 Å². The van der Waals surface area contributed by atoms with Crippen molar-refractivity contribution in [2.45, 2.75) is 116 Å². The van der Waals surface area contributed by atoms with Crippen molar-refractivity contribution >= 4 is 8.32 Å². The van der Waals surface area contributed by atoms with E-state index in [1.54, 1.807) is 0 Å². The van der Waals surface area contributed by atoms with Crippen molar-refractivity contribution in [1.82, 2.24) is 0 Å². The third-order valence-electron chi connectivity index (χ3n) is 5.52. The Morgan fingerprint density at radius 1 is 1.04 bits per heavy atom. The molecule has 1 nitrogen and oxygen atoms in total. The highest BCUT2D eigenvalue weighted by molar-refractivity contribution is 6.81. The summed E-state index contributed by atoms with van der Waals surface area (Å²) in [6, 6.07) is 0. The molecule has 0 saturated carbocycles. The molecule has 0 spiro atoms. The molecule has 1 fully saturated rings. The van der Waals surface area contributed by atoms with Crippen LogP contribution in [0.2, 0.25) is 15.6 Å². The SMILES string of the molecule is CCCCCC#C[C@@H]1C[C@@H](C(C)C)[Si](C(C)(C)C)(C(C)(C)C)O1. The summed E-state index contributed by atoms with van der Waals surface area (Å²) in [5, 5.41) is 0.470. The second-order valence-electron chi connectivity index (χ2n) is 9.71. The zero-order valence-electron chi connectivity index (χ0n) is 17.2. The molecule has 0 unspecified atom stereocenters. The molecule has 2 heteroatoms. The van der Waals surface area contributed by atoms with Gasteiger partial charge in [-0.25, -0.2) is 0 Å².